The van der Waals surface area contributed by atoms with Crippen molar-refractivity contribution in [2.75, 3.05) is 26.8 Å². The van der Waals surface area contributed by atoms with Gasteiger partial charge in [-0.25, -0.2) is 4.99 Å². The van der Waals surface area contributed by atoms with Gasteiger partial charge in [-0.1, -0.05) is 23.7 Å². The van der Waals surface area contributed by atoms with Crippen LogP contribution < -0.4 is 10.6 Å². The van der Waals surface area contributed by atoms with Crippen LogP contribution in [-0.4, -0.2) is 32.8 Å². The Labute approximate surface area is 164 Å². The number of rotatable bonds is 8. The summed E-state index contributed by atoms with van der Waals surface area (Å²) in [5.74, 6) is 1.70. The fourth-order valence-corrected chi connectivity index (χ4v) is 2.09. The molecule has 5 nitrogen and oxygen atoms in total. The molecule has 2 N–H and O–H groups in total. The summed E-state index contributed by atoms with van der Waals surface area (Å²) in [6.07, 6.45) is 2.49. The van der Waals surface area contributed by atoms with Crippen molar-refractivity contribution in [3.63, 3.8) is 0 Å². The van der Waals surface area contributed by atoms with E-state index in [4.69, 9.17) is 20.8 Å². The molecule has 0 aliphatic rings. The van der Waals surface area contributed by atoms with E-state index in [1.165, 1.54) is 0 Å². The van der Waals surface area contributed by atoms with Crippen molar-refractivity contribution in [1.82, 2.24) is 10.6 Å². The van der Waals surface area contributed by atoms with Crippen LogP contribution in [0, 0.1) is 0 Å². The normalized spacial score (nSPS) is 11.0. The van der Waals surface area contributed by atoms with Crippen LogP contribution in [-0.2, 0) is 17.7 Å². The summed E-state index contributed by atoms with van der Waals surface area (Å²) in [5, 5.41) is 7.26. The third kappa shape index (κ3) is 8.03. The number of nitrogens with one attached hydrogen (secondary N) is 2. The Morgan fingerprint density at radius 2 is 1.92 bits per heavy atom. The van der Waals surface area contributed by atoms with Gasteiger partial charge >= 0.3 is 0 Å². The molecule has 0 saturated heterocycles. The number of furan rings is 1. The Balaban J connectivity index is 0.00000288. The van der Waals surface area contributed by atoms with Gasteiger partial charge < -0.3 is 19.8 Å². The van der Waals surface area contributed by atoms with Crippen LogP contribution in [0.25, 0.3) is 0 Å². The quantitative estimate of drug-likeness (QED) is 0.272. The minimum Gasteiger partial charge on any atom is -0.469 e. The van der Waals surface area contributed by atoms with E-state index in [0.717, 1.165) is 35.3 Å². The molecule has 1 heterocycles. The highest BCUT2D eigenvalue weighted by atomic mass is 127. The molecule has 7 heteroatoms. The van der Waals surface area contributed by atoms with Gasteiger partial charge in [0.05, 0.1) is 19.4 Å². The first kappa shape index (κ1) is 20.8. The molecule has 24 heavy (non-hydrogen) atoms. The van der Waals surface area contributed by atoms with E-state index in [-0.39, 0.29) is 24.0 Å². The number of hydrogen-bond donors (Lipinski definition) is 2. The maximum atomic E-state index is 5.89. The van der Waals surface area contributed by atoms with Gasteiger partial charge in [-0.05, 0) is 29.8 Å². The van der Waals surface area contributed by atoms with Crippen LogP contribution >= 0.6 is 35.6 Å². The molecule has 0 aliphatic heterocycles. The van der Waals surface area contributed by atoms with Crippen LogP contribution in [0.15, 0.2) is 52.1 Å². The van der Waals surface area contributed by atoms with Crippen LogP contribution in [0.4, 0.5) is 0 Å². The van der Waals surface area contributed by atoms with Crippen molar-refractivity contribution < 1.29 is 9.15 Å². The van der Waals surface area contributed by atoms with Gasteiger partial charge in [0.25, 0.3) is 0 Å². The van der Waals surface area contributed by atoms with E-state index >= 15 is 0 Å². The summed E-state index contributed by atoms with van der Waals surface area (Å²) in [5.41, 5.74) is 1.10. The smallest absolute Gasteiger partial charge is 0.191 e. The second kappa shape index (κ2) is 12.2. The van der Waals surface area contributed by atoms with Gasteiger partial charge in [-0.15, -0.1) is 24.0 Å². The molecule has 0 bridgehead atoms. The van der Waals surface area contributed by atoms with Crippen molar-refractivity contribution in [1.29, 1.82) is 0 Å². The fraction of sp³-hybridized carbons (Fsp3) is 0.353. The molecule has 0 radical (unpaired) electrons. The summed E-state index contributed by atoms with van der Waals surface area (Å²) >= 11 is 5.89. The van der Waals surface area contributed by atoms with Crippen LogP contribution in [0.1, 0.15) is 11.3 Å². The number of hydrogen-bond acceptors (Lipinski definition) is 3. The Morgan fingerprint density at radius 3 is 2.58 bits per heavy atom. The number of aliphatic imine (C=N–C) groups is 1. The van der Waals surface area contributed by atoms with E-state index < -0.39 is 0 Å². The van der Waals surface area contributed by atoms with Crippen molar-refractivity contribution in [2.24, 2.45) is 4.99 Å². The third-order valence-corrected chi connectivity index (χ3v) is 3.43. The minimum atomic E-state index is 0. The third-order valence-electron chi connectivity index (χ3n) is 3.18. The summed E-state index contributed by atoms with van der Waals surface area (Å²) in [6, 6.07) is 11.5. The Hall–Kier alpha value is -1.25. The van der Waals surface area contributed by atoms with E-state index in [1.54, 1.807) is 13.4 Å². The summed E-state index contributed by atoms with van der Waals surface area (Å²) in [6.45, 7) is 2.65. The molecular formula is C17H23ClIN3O2. The molecule has 0 amide bonds. The lowest BCUT2D eigenvalue weighted by Crippen LogP contribution is -2.40. The predicted molar refractivity (Wildman–Crippen MR) is 108 cm³/mol. The first-order valence-corrected chi connectivity index (χ1v) is 7.93. The van der Waals surface area contributed by atoms with Crippen molar-refractivity contribution in [3.8, 4) is 0 Å². The van der Waals surface area contributed by atoms with Crippen molar-refractivity contribution in [3.05, 3.63) is 59.0 Å². The number of guanidine groups is 1. The Morgan fingerprint density at radius 1 is 1.17 bits per heavy atom. The molecule has 1 aromatic carbocycles. The number of benzene rings is 1. The first-order valence-electron chi connectivity index (χ1n) is 7.56. The van der Waals surface area contributed by atoms with E-state index in [9.17, 15) is 0 Å². The second-order valence-corrected chi connectivity index (χ2v) is 5.40. The highest BCUT2D eigenvalue weighted by Gasteiger charge is 2.00. The summed E-state index contributed by atoms with van der Waals surface area (Å²) in [4.78, 5) is 4.58. The van der Waals surface area contributed by atoms with Gasteiger partial charge in [0.1, 0.15) is 5.76 Å². The predicted octanol–water partition coefficient (Wildman–Crippen LogP) is 3.48. The van der Waals surface area contributed by atoms with Crippen molar-refractivity contribution >= 4 is 41.5 Å². The molecule has 132 valence electrons. The fourth-order valence-electron chi connectivity index (χ4n) is 1.96. The lowest BCUT2D eigenvalue weighted by Gasteiger charge is -2.12. The average molecular weight is 464 g/mol. The van der Waals surface area contributed by atoms with Gasteiger partial charge in [-0.3, -0.25) is 0 Å². The molecule has 1 aromatic heterocycles. The van der Waals surface area contributed by atoms with Crippen LogP contribution in [0.3, 0.4) is 0 Å². The molecular weight excluding hydrogens is 441 g/mol. The Kier molecular flexibility index (Phi) is 10.5. The van der Waals surface area contributed by atoms with Gasteiger partial charge in [0, 0.05) is 31.6 Å². The standard InChI is InChI=1S/C17H22ClN3O2.HI/c1-22-12-10-20-17(19-9-8-16-3-2-11-23-16)21-13-14-4-6-15(18)7-5-14;/h2-7,11H,8-10,12-13H2,1H3,(H2,19,20,21);1H. The highest BCUT2D eigenvalue weighted by Crippen LogP contribution is 2.10. The summed E-state index contributed by atoms with van der Waals surface area (Å²) < 4.78 is 10.4. The zero-order valence-corrected chi connectivity index (χ0v) is 16.7. The topological polar surface area (TPSA) is 58.8 Å². The second-order valence-electron chi connectivity index (χ2n) is 4.97. The average Bonchev–Trinajstić information content (AvgIpc) is 3.07. The van der Waals surface area contributed by atoms with Crippen LogP contribution in [0.2, 0.25) is 5.02 Å². The van der Waals surface area contributed by atoms with E-state index in [0.29, 0.717) is 19.7 Å². The maximum absolute atomic E-state index is 5.89. The monoisotopic (exact) mass is 463 g/mol. The number of nitrogens with zero attached hydrogens (tertiary/aromatic N) is 1. The molecule has 0 atom stereocenters. The number of methoxy groups -OCH3 is 1. The summed E-state index contributed by atoms with van der Waals surface area (Å²) in [7, 11) is 1.68. The van der Waals surface area contributed by atoms with Crippen molar-refractivity contribution in [2.45, 2.75) is 13.0 Å². The molecule has 0 fully saturated rings. The van der Waals surface area contributed by atoms with Gasteiger partial charge in [0.2, 0.25) is 0 Å². The first-order chi connectivity index (χ1) is 11.3. The lowest BCUT2D eigenvalue weighted by atomic mass is 10.2. The minimum absolute atomic E-state index is 0. The molecule has 0 spiro atoms. The highest BCUT2D eigenvalue weighted by molar-refractivity contribution is 14.0. The van der Waals surface area contributed by atoms with E-state index in [2.05, 4.69) is 15.6 Å². The molecule has 0 aliphatic carbocycles. The largest absolute Gasteiger partial charge is 0.469 e. The maximum Gasteiger partial charge on any atom is 0.191 e. The number of halogens is 2. The van der Waals surface area contributed by atoms with Gasteiger partial charge in [0.15, 0.2) is 5.96 Å². The van der Waals surface area contributed by atoms with Crippen LogP contribution in [0.5, 0.6) is 0 Å². The molecule has 0 saturated carbocycles. The zero-order valence-electron chi connectivity index (χ0n) is 13.6. The van der Waals surface area contributed by atoms with E-state index in [1.807, 2.05) is 36.4 Å². The lowest BCUT2D eigenvalue weighted by molar-refractivity contribution is 0.203. The number of ether oxygens (including phenoxy) is 1. The molecule has 2 rings (SSSR count). The Bertz CT molecular complexity index is 588. The SMILES string of the molecule is COCCNC(=NCc1ccc(Cl)cc1)NCCc1ccco1.I. The van der Waals surface area contributed by atoms with Gasteiger partial charge in [-0.2, -0.15) is 0 Å². The molecule has 0 unspecified atom stereocenters. The zero-order chi connectivity index (χ0) is 16.3. The molecule has 2 aromatic rings.